The highest BCUT2D eigenvalue weighted by molar-refractivity contribution is 6.31. The van der Waals surface area contributed by atoms with Gasteiger partial charge in [0.2, 0.25) is 0 Å². The van der Waals surface area contributed by atoms with Crippen LogP contribution < -0.4 is 15.4 Å². The summed E-state index contributed by atoms with van der Waals surface area (Å²) in [6.45, 7) is 3.65. The van der Waals surface area contributed by atoms with E-state index in [1.807, 2.05) is 0 Å². The number of hydrogen-bond donors (Lipinski definition) is 1. The van der Waals surface area contributed by atoms with Crippen molar-refractivity contribution in [1.82, 2.24) is 9.97 Å². The summed E-state index contributed by atoms with van der Waals surface area (Å²) in [5.74, 6) is -0.0873. The van der Waals surface area contributed by atoms with Crippen molar-refractivity contribution < 1.29 is 27.0 Å². The van der Waals surface area contributed by atoms with Gasteiger partial charge in [0.25, 0.3) is 0 Å². The van der Waals surface area contributed by atoms with Crippen LogP contribution in [0.5, 0.6) is 6.01 Å². The zero-order valence-electron chi connectivity index (χ0n) is 17.6. The lowest BCUT2D eigenvalue weighted by molar-refractivity contribution is -0.140. The summed E-state index contributed by atoms with van der Waals surface area (Å²) in [5, 5.41) is -0.677. The fourth-order valence-corrected chi connectivity index (χ4v) is 4.73. The van der Waals surface area contributed by atoms with E-state index < -0.39 is 39.9 Å². The molecule has 2 aliphatic rings. The molecule has 3 heterocycles. The number of hydrogen-bond acceptors (Lipinski definition) is 6. The number of nitrogen functional groups attached to an aromatic ring is 1. The highest BCUT2D eigenvalue weighted by atomic mass is 35.5. The second kappa shape index (κ2) is 8.55. The van der Waals surface area contributed by atoms with Gasteiger partial charge in [0, 0.05) is 30.6 Å². The predicted octanol–water partition coefficient (Wildman–Crippen LogP) is 4.93. The van der Waals surface area contributed by atoms with Crippen LogP contribution in [0, 0.1) is 11.7 Å². The summed E-state index contributed by atoms with van der Waals surface area (Å²) < 4.78 is 67.0. The number of nitrogens with zero attached hydrogens (tertiary/aromatic N) is 3. The van der Waals surface area contributed by atoms with E-state index in [2.05, 4.69) is 21.8 Å². The van der Waals surface area contributed by atoms with Gasteiger partial charge < -0.3 is 20.1 Å². The van der Waals surface area contributed by atoms with Gasteiger partial charge in [-0.25, -0.2) is 4.39 Å². The fraction of sp³-hybridized carbons (Fsp3) is 0.524. The molecule has 2 atom stereocenters. The molecule has 32 heavy (non-hydrogen) atoms. The molecule has 1 saturated heterocycles. The normalized spacial score (nSPS) is 21.4. The first kappa shape index (κ1) is 22.8. The van der Waals surface area contributed by atoms with Crippen LogP contribution in [0.3, 0.4) is 0 Å². The van der Waals surface area contributed by atoms with Gasteiger partial charge in [0.05, 0.1) is 41.8 Å². The molecule has 174 valence electrons. The Labute approximate surface area is 187 Å². The van der Waals surface area contributed by atoms with E-state index in [4.69, 9.17) is 26.8 Å². The number of piperidine rings is 1. The molecule has 0 aliphatic carbocycles. The molecule has 0 saturated carbocycles. The Bertz CT molecular complexity index is 1030. The highest BCUT2D eigenvalue weighted by Crippen LogP contribution is 2.46. The standard InChI is InChI=1S/C21H23ClF4N4O2/c1-10-4-3-5-30(8-10)19-11-9-32-15(7-14(11)28-20(29-19)31-2)16-17(21(24,25)26)12(22)6-13(27)18(16)23/h6,10,15H,3-5,7-9,27H2,1-2H3. The third-order valence-corrected chi connectivity index (χ3v) is 6.18. The summed E-state index contributed by atoms with van der Waals surface area (Å²) >= 11 is 5.82. The second-order valence-electron chi connectivity index (χ2n) is 8.20. The van der Waals surface area contributed by atoms with Gasteiger partial charge in [0.15, 0.2) is 5.82 Å². The average Bonchev–Trinajstić information content (AvgIpc) is 2.73. The molecule has 1 fully saturated rings. The molecule has 1 aromatic heterocycles. The summed E-state index contributed by atoms with van der Waals surface area (Å²) in [6, 6.07) is 0.862. The molecule has 2 aromatic rings. The number of ether oxygens (including phenoxy) is 2. The Hall–Kier alpha value is -2.33. The highest BCUT2D eigenvalue weighted by Gasteiger charge is 2.42. The van der Waals surface area contributed by atoms with Crippen molar-refractivity contribution in [2.75, 3.05) is 30.8 Å². The van der Waals surface area contributed by atoms with Gasteiger partial charge in [-0.05, 0) is 24.8 Å². The zero-order chi connectivity index (χ0) is 23.2. The summed E-state index contributed by atoms with van der Waals surface area (Å²) in [7, 11) is 1.42. The van der Waals surface area contributed by atoms with Crippen LogP contribution in [0.4, 0.5) is 29.1 Å². The van der Waals surface area contributed by atoms with Crippen LogP contribution in [0.25, 0.3) is 0 Å². The van der Waals surface area contributed by atoms with Crippen molar-refractivity contribution in [3.8, 4) is 6.01 Å². The van der Waals surface area contributed by atoms with Gasteiger partial charge in [-0.1, -0.05) is 18.5 Å². The number of rotatable bonds is 3. The molecule has 2 N–H and O–H groups in total. The average molecular weight is 475 g/mol. The first-order valence-electron chi connectivity index (χ1n) is 10.2. The number of anilines is 2. The molecule has 11 heteroatoms. The molecular formula is C21H23ClF4N4O2. The fourth-order valence-electron chi connectivity index (χ4n) is 4.41. The van der Waals surface area contributed by atoms with Crippen molar-refractivity contribution in [3.05, 3.63) is 39.3 Å². The second-order valence-corrected chi connectivity index (χ2v) is 8.61. The van der Waals surface area contributed by atoms with E-state index in [1.165, 1.54) is 7.11 Å². The third kappa shape index (κ3) is 4.17. The molecule has 1 aromatic carbocycles. The number of alkyl halides is 3. The summed E-state index contributed by atoms with van der Waals surface area (Å²) in [4.78, 5) is 10.9. The summed E-state index contributed by atoms with van der Waals surface area (Å²) in [6.07, 6.45) is -4.16. The molecule has 2 unspecified atom stereocenters. The quantitative estimate of drug-likeness (QED) is 0.502. The maximum Gasteiger partial charge on any atom is 0.418 e. The van der Waals surface area contributed by atoms with Crippen molar-refractivity contribution in [2.45, 2.75) is 45.1 Å². The number of aromatic nitrogens is 2. The van der Waals surface area contributed by atoms with Crippen LogP contribution in [0.1, 0.15) is 48.3 Å². The number of fused-ring (bicyclic) bond motifs is 1. The smallest absolute Gasteiger partial charge is 0.418 e. The first-order chi connectivity index (χ1) is 15.1. The lowest BCUT2D eigenvalue weighted by atomic mass is 9.93. The van der Waals surface area contributed by atoms with Crippen molar-refractivity contribution in [1.29, 1.82) is 0 Å². The van der Waals surface area contributed by atoms with E-state index in [0.29, 0.717) is 23.0 Å². The van der Waals surface area contributed by atoms with Gasteiger partial charge in [-0.2, -0.15) is 23.1 Å². The van der Waals surface area contributed by atoms with E-state index in [0.717, 1.165) is 32.0 Å². The Morgan fingerprint density at radius 2 is 2.06 bits per heavy atom. The minimum Gasteiger partial charge on any atom is -0.467 e. The van der Waals surface area contributed by atoms with E-state index in [9.17, 15) is 17.6 Å². The molecule has 0 spiro atoms. The molecule has 0 amide bonds. The van der Waals surface area contributed by atoms with Crippen LogP contribution in [-0.4, -0.2) is 30.2 Å². The maximum absolute atomic E-state index is 14.9. The van der Waals surface area contributed by atoms with E-state index in [-0.39, 0.29) is 19.0 Å². The Morgan fingerprint density at radius 1 is 1.31 bits per heavy atom. The monoisotopic (exact) mass is 474 g/mol. The Kier molecular flexibility index (Phi) is 6.10. The number of methoxy groups -OCH3 is 1. The zero-order valence-corrected chi connectivity index (χ0v) is 18.4. The molecule has 2 aliphatic heterocycles. The van der Waals surface area contributed by atoms with Crippen molar-refractivity contribution >= 4 is 23.1 Å². The van der Waals surface area contributed by atoms with Gasteiger partial charge in [-0.15, -0.1) is 0 Å². The molecular weight excluding hydrogens is 452 g/mol. The minimum atomic E-state index is -4.89. The topological polar surface area (TPSA) is 73.5 Å². The predicted molar refractivity (Wildman–Crippen MR) is 111 cm³/mol. The number of halogens is 5. The van der Waals surface area contributed by atoms with E-state index >= 15 is 0 Å². The maximum atomic E-state index is 14.9. The summed E-state index contributed by atoms with van der Waals surface area (Å²) in [5.41, 5.74) is 4.23. The number of nitrogens with two attached hydrogens (primary N) is 1. The molecule has 0 radical (unpaired) electrons. The third-order valence-electron chi connectivity index (χ3n) is 5.88. The van der Waals surface area contributed by atoms with Crippen LogP contribution in [-0.2, 0) is 23.9 Å². The van der Waals surface area contributed by atoms with Gasteiger partial charge in [-0.3, -0.25) is 0 Å². The van der Waals surface area contributed by atoms with Crippen molar-refractivity contribution in [3.63, 3.8) is 0 Å². The lowest BCUT2D eigenvalue weighted by Crippen LogP contribution is -2.36. The van der Waals surface area contributed by atoms with Crippen LogP contribution in [0.15, 0.2) is 6.07 Å². The molecule has 0 bridgehead atoms. The van der Waals surface area contributed by atoms with Crippen LogP contribution >= 0.6 is 11.6 Å². The minimum absolute atomic E-state index is 0.0760. The lowest BCUT2D eigenvalue weighted by Gasteiger charge is -2.35. The largest absolute Gasteiger partial charge is 0.467 e. The van der Waals surface area contributed by atoms with Gasteiger partial charge >= 0.3 is 12.2 Å². The number of benzene rings is 1. The SMILES string of the molecule is COc1nc2c(c(N3CCCC(C)C3)n1)COC(c1c(F)c(N)cc(Cl)c1C(F)(F)F)C2. The first-order valence-corrected chi connectivity index (χ1v) is 10.6. The molecule has 4 rings (SSSR count). The van der Waals surface area contributed by atoms with Gasteiger partial charge in [0.1, 0.15) is 5.82 Å². The van der Waals surface area contributed by atoms with Crippen LogP contribution in [0.2, 0.25) is 5.02 Å². The Morgan fingerprint density at radius 3 is 2.72 bits per heavy atom. The Balaban J connectivity index is 1.78. The molecule has 6 nitrogen and oxygen atoms in total. The van der Waals surface area contributed by atoms with Crippen molar-refractivity contribution in [2.24, 2.45) is 5.92 Å². The van der Waals surface area contributed by atoms with E-state index in [1.54, 1.807) is 0 Å².